The molecule has 0 saturated heterocycles. The second-order valence-corrected chi connectivity index (χ2v) is 7.85. The van der Waals surface area contributed by atoms with Crippen molar-refractivity contribution in [3.05, 3.63) is 81.0 Å². The zero-order valence-corrected chi connectivity index (χ0v) is 18.4. The van der Waals surface area contributed by atoms with Crippen LogP contribution in [0.4, 0.5) is 5.69 Å². The Kier molecular flexibility index (Phi) is 5.63. The van der Waals surface area contributed by atoms with Crippen molar-refractivity contribution in [2.75, 3.05) is 5.32 Å². The minimum Gasteiger partial charge on any atom is -0.476 e. The van der Waals surface area contributed by atoms with Crippen LogP contribution in [0.15, 0.2) is 53.5 Å². The van der Waals surface area contributed by atoms with E-state index < -0.39 is 5.97 Å². The summed E-state index contributed by atoms with van der Waals surface area (Å²) in [5, 5.41) is 13.2. The number of pyridine rings is 2. The van der Waals surface area contributed by atoms with Crippen LogP contribution in [0.1, 0.15) is 34.6 Å². The maximum Gasteiger partial charge on any atom is 0.356 e. The lowest BCUT2D eigenvalue weighted by molar-refractivity contribution is 0.0691. The summed E-state index contributed by atoms with van der Waals surface area (Å²) in [6.45, 7) is 3.77. The van der Waals surface area contributed by atoms with Crippen molar-refractivity contribution in [1.82, 2.24) is 19.5 Å². The van der Waals surface area contributed by atoms with Crippen LogP contribution in [0.3, 0.4) is 0 Å². The van der Waals surface area contributed by atoms with Gasteiger partial charge in [-0.15, -0.1) is 0 Å². The van der Waals surface area contributed by atoms with Gasteiger partial charge in [-0.25, -0.2) is 14.8 Å². The lowest BCUT2D eigenvalue weighted by Crippen LogP contribution is -2.22. The monoisotopic (exact) mass is 449 g/mol. The third-order valence-corrected chi connectivity index (χ3v) is 5.36. The number of aromatic carboxylic acids is 1. The Labute approximate surface area is 188 Å². The van der Waals surface area contributed by atoms with E-state index in [0.717, 1.165) is 11.1 Å². The zero-order chi connectivity index (χ0) is 23.0. The van der Waals surface area contributed by atoms with Crippen molar-refractivity contribution in [3.63, 3.8) is 0 Å². The Morgan fingerprint density at radius 1 is 1.19 bits per heavy atom. The summed E-state index contributed by atoms with van der Waals surface area (Å²) >= 11 is 5.87. The number of halogens is 1. The van der Waals surface area contributed by atoms with Crippen LogP contribution in [0.5, 0.6) is 0 Å². The molecule has 162 valence electrons. The molecule has 0 aliphatic heterocycles. The van der Waals surface area contributed by atoms with Crippen LogP contribution in [-0.2, 0) is 7.05 Å². The number of fused-ring (bicyclic) bond motifs is 1. The van der Waals surface area contributed by atoms with Crippen molar-refractivity contribution in [3.8, 4) is 11.5 Å². The van der Waals surface area contributed by atoms with Gasteiger partial charge in [0.05, 0.1) is 22.6 Å². The van der Waals surface area contributed by atoms with Gasteiger partial charge in [-0.1, -0.05) is 23.7 Å². The van der Waals surface area contributed by atoms with Crippen LogP contribution in [-0.4, -0.2) is 30.6 Å². The van der Waals surface area contributed by atoms with Gasteiger partial charge in [0, 0.05) is 18.8 Å². The first-order chi connectivity index (χ1) is 15.3. The fraction of sp³-hybridized carbons (Fsp3) is 0.174. The molecule has 4 aromatic rings. The SMILES string of the molecule is Cc1cc([C@@H](C)Nc2ccc(Cl)nc2C(=O)O)c2nc(-c3ccccn3)n(C)c(=O)c2c1. The minimum atomic E-state index is -1.19. The zero-order valence-electron chi connectivity index (χ0n) is 17.6. The molecule has 0 saturated carbocycles. The third-order valence-electron chi connectivity index (χ3n) is 5.15. The molecule has 0 aliphatic rings. The van der Waals surface area contributed by atoms with E-state index in [9.17, 15) is 14.7 Å². The van der Waals surface area contributed by atoms with E-state index in [2.05, 4.69) is 15.3 Å². The van der Waals surface area contributed by atoms with E-state index in [-0.39, 0.29) is 22.4 Å². The minimum absolute atomic E-state index is 0.0896. The largest absolute Gasteiger partial charge is 0.476 e. The molecule has 0 aliphatic carbocycles. The molecule has 2 N–H and O–H groups in total. The molecular weight excluding hydrogens is 430 g/mol. The Morgan fingerprint density at radius 2 is 1.97 bits per heavy atom. The van der Waals surface area contributed by atoms with Crippen LogP contribution in [0.2, 0.25) is 5.15 Å². The molecule has 0 amide bonds. The first-order valence-electron chi connectivity index (χ1n) is 9.85. The van der Waals surface area contributed by atoms with Gasteiger partial charge in [-0.2, -0.15) is 0 Å². The topological polar surface area (TPSA) is 110 Å². The van der Waals surface area contributed by atoms with E-state index in [4.69, 9.17) is 16.6 Å². The maximum atomic E-state index is 13.2. The number of aryl methyl sites for hydroxylation is 1. The molecule has 0 unspecified atom stereocenters. The van der Waals surface area contributed by atoms with Crippen molar-refractivity contribution in [2.45, 2.75) is 19.9 Å². The highest BCUT2D eigenvalue weighted by Gasteiger charge is 2.20. The maximum absolute atomic E-state index is 13.2. The Balaban J connectivity index is 1.88. The number of hydrogen-bond acceptors (Lipinski definition) is 6. The van der Waals surface area contributed by atoms with Crippen LogP contribution in [0.25, 0.3) is 22.4 Å². The number of hydrogen-bond donors (Lipinski definition) is 2. The third kappa shape index (κ3) is 3.92. The highest BCUT2D eigenvalue weighted by Crippen LogP contribution is 2.29. The number of carboxylic acids is 1. The first-order valence-corrected chi connectivity index (χ1v) is 10.2. The Morgan fingerprint density at radius 3 is 2.66 bits per heavy atom. The Bertz CT molecular complexity index is 1400. The molecule has 0 fully saturated rings. The van der Waals surface area contributed by atoms with E-state index in [0.29, 0.717) is 28.1 Å². The van der Waals surface area contributed by atoms with Gasteiger partial charge in [0.1, 0.15) is 10.8 Å². The molecule has 0 spiro atoms. The molecule has 4 rings (SSSR count). The molecule has 8 nitrogen and oxygen atoms in total. The highest BCUT2D eigenvalue weighted by atomic mass is 35.5. The van der Waals surface area contributed by atoms with Crippen molar-refractivity contribution < 1.29 is 9.90 Å². The van der Waals surface area contributed by atoms with Gasteiger partial charge < -0.3 is 10.4 Å². The fourth-order valence-electron chi connectivity index (χ4n) is 3.63. The predicted molar refractivity (Wildman–Crippen MR) is 123 cm³/mol. The van der Waals surface area contributed by atoms with E-state index >= 15 is 0 Å². The normalized spacial score (nSPS) is 12.0. The van der Waals surface area contributed by atoms with Crippen LogP contribution in [0, 0.1) is 6.92 Å². The standard InChI is InChI=1S/C23H20ClN5O3/c1-12-10-14(13(2)26-16-7-8-18(24)27-20(16)23(31)32)19-15(11-12)22(30)29(3)21(28-19)17-6-4-5-9-25-17/h4-11,13,26H,1-3H3,(H,31,32)/t13-/m1/s1. The second kappa shape index (κ2) is 8.39. The van der Waals surface area contributed by atoms with Gasteiger partial charge in [0.25, 0.3) is 5.56 Å². The molecular formula is C23H20ClN5O3. The van der Waals surface area contributed by atoms with Gasteiger partial charge in [-0.3, -0.25) is 14.3 Å². The molecule has 0 radical (unpaired) electrons. The number of carbonyl (C=O) groups is 1. The molecule has 9 heteroatoms. The summed E-state index contributed by atoms with van der Waals surface area (Å²) in [6.07, 6.45) is 1.65. The molecule has 0 bridgehead atoms. The molecule has 1 atom stereocenters. The molecule has 3 aromatic heterocycles. The molecule has 1 aromatic carbocycles. The highest BCUT2D eigenvalue weighted by molar-refractivity contribution is 6.29. The van der Waals surface area contributed by atoms with Crippen LogP contribution >= 0.6 is 11.6 Å². The number of nitrogens with one attached hydrogen (secondary N) is 1. The lowest BCUT2D eigenvalue weighted by atomic mass is 10.0. The average molecular weight is 450 g/mol. The second-order valence-electron chi connectivity index (χ2n) is 7.47. The van der Waals surface area contributed by atoms with Crippen molar-refractivity contribution in [2.24, 2.45) is 7.05 Å². The van der Waals surface area contributed by atoms with Gasteiger partial charge in [0.2, 0.25) is 0 Å². The van der Waals surface area contributed by atoms with E-state index in [1.807, 2.05) is 26.0 Å². The number of nitrogens with zero attached hydrogens (tertiary/aromatic N) is 4. The number of carboxylic acid groups (broad SMARTS) is 1. The average Bonchev–Trinajstić information content (AvgIpc) is 2.77. The number of rotatable bonds is 5. The number of anilines is 1. The predicted octanol–water partition coefficient (Wildman–Crippen LogP) is 4.22. The quantitative estimate of drug-likeness (QED) is 0.439. The van der Waals surface area contributed by atoms with Crippen LogP contribution < -0.4 is 10.9 Å². The summed E-state index contributed by atoms with van der Waals surface area (Å²) in [4.78, 5) is 37.8. The lowest BCUT2D eigenvalue weighted by Gasteiger charge is -2.20. The fourth-order valence-corrected chi connectivity index (χ4v) is 3.78. The van der Waals surface area contributed by atoms with Gasteiger partial charge in [0.15, 0.2) is 11.5 Å². The summed E-state index contributed by atoms with van der Waals surface area (Å²) in [6, 6.07) is 11.9. The first kappa shape index (κ1) is 21.5. The van der Waals surface area contributed by atoms with Gasteiger partial charge >= 0.3 is 5.97 Å². The van der Waals surface area contributed by atoms with E-state index in [1.54, 1.807) is 37.5 Å². The summed E-state index contributed by atoms with van der Waals surface area (Å²) in [5.74, 6) is -0.750. The number of benzene rings is 1. The van der Waals surface area contributed by atoms with E-state index in [1.165, 1.54) is 10.6 Å². The summed E-state index contributed by atoms with van der Waals surface area (Å²) in [7, 11) is 1.67. The van der Waals surface area contributed by atoms with Crippen molar-refractivity contribution in [1.29, 1.82) is 0 Å². The van der Waals surface area contributed by atoms with Gasteiger partial charge in [-0.05, 0) is 49.7 Å². The molecule has 32 heavy (non-hydrogen) atoms. The number of aromatic nitrogens is 4. The smallest absolute Gasteiger partial charge is 0.356 e. The van der Waals surface area contributed by atoms with Crippen molar-refractivity contribution >= 4 is 34.2 Å². The Hall–Kier alpha value is -3.78. The summed E-state index contributed by atoms with van der Waals surface area (Å²) in [5.41, 5.74) is 2.69. The summed E-state index contributed by atoms with van der Waals surface area (Å²) < 4.78 is 1.48. The molecule has 3 heterocycles.